The lowest BCUT2D eigenvalue weighted by Crippen LogP contribution is -2.13. The fraction of sp³-hybridized carbons (Fsp3) is 0.107. The Hall–Kier alpha value is -7.10. The zero-order valence-electron chi connectivity index (χ0n) is 33.5. The number of furan rings is 2. The van der Waals surface area contributed by atoms with Crippen LogP contribution in [0.4, 0.5) is 17.1 Å². The van der Waals surface area contributed by atoms with Gasteiger partial charge in [0, 0.05) is 44.7 Å². The molecule has 2 heterocycles. The predicted octanol–water partition coefficient (Wildman–Crippen LogP) is 16.0. The van der Waals surface area contributed by atoms with Gasteiger partial charge >= 0.3 is 0 Å². The summed E-state index contributed by atoms with van der Waals surface area (Å²) in [5.41, 5.74) is 13.1. The van der Waals surface area contributed by atoms with E-state index >= 15 is 0 Å². The van der Waals surface area contributed by atoms with E-state index in [0.717, 1.165) is 84.6 Å². The second-order valence-corrected chi connectivity index (χ2v) is 17.0. The third kappa shape index (κ3) is 6.40. The van der Waals surface area contributed by atoms with Crippen molar-refractivity contribution in [3.8, 4) is 11.1 Å². The number of benzene rings is 9. The predicted molar refractivity (Wildman–Crippen MR) is 249 cm³/mol. The molecule has 2 aromatic heterocycles. The standard InChI is InChI=1S/C56H43NO2/c1-56(2,3)44-21-23-45(24-22-44)57(46-15-9-14-41(30-46)38-10-5-4-6-11-38)47-25-27-49-51-32-43-33-53-50(31-42(43)34-54(51)59-55(49)35-47)48-26-19-37(29-52(48)58-53)17-16-36-18-20-39-12-7-8-13-40(39)28-36/h4-15,18-35H,16-17H2,1-3H3. The molecule has 0 bridgehead atoms. The average Bonchev–Trinajstić information content (AvgIpc) is 3.80. The quantitative estimate of drug-likeness (QED) is 0.162. The number of hydrogen-bond acceptors (Lipinski definition) is 3. The SMILES string of the molecule is CC(C)(C)c1ccc(N(c2cccc(-c3ccccc3)c2)c2ccc3c(c2)oc2cc4cc5c(cc4cc23)oc2cc(CCc3ccc4ccccc4c3)ccc25)cc1. The third-order valence-electron chi connectivity index (χ3n) is 12.0. The molecule has 284 valence electrons. The Balaban J connectivity index is 0.949. The van der Waals surface area contributed by atoms with Crippen LogP contribution in [-0.4, -0.2) is 0 Å². The fourth-order valence-corrected chi connectivity index (χ4v) is 8.82. The highest BCUT2D eigenvalue weighted by molar-refractivity contribution is 6.15. The van der Waals surface area contributed by atoms with Gasteiger partial charge in [0.25, 0.3) is 0 Å². The molecule has 59 heavy (non-hydrogen) atoms. The lowest BCUT2D eigenvalue weighted by molar-refractivity contribution is 0.590. The highest BCUT2D eigenvalue weighted by Gasteiger charge is 2.19. The number of hydrogen-bond donors (Lipinski definition) is 0. The molecule has 11 rings (SSSR count). The molecule has 0 saturated heterocycles. The van der Waals surface area contributed by atoms with E-state index in [9.17, 15) is 0 Å². The summed E-state index contributed by atoms with van der Waals surface area (Å²) >= 11 is 0. The van der Waals surface area contributed by atoms with Crippen molar-refractivity contribution in [3.05, 3.63) is 199 Å². The van der Waals surface area contributed by atoms with Crippen molar-refractivity contribution in [2.75, 3.05) is 4.90 Å². The average molecular weight is 762 g/mol. The Labute approximate surface area is 343 Å². The zero-order chi connectivity index (χ0) is 39.7. The van der Waals surface area contributed by atoms with Crippen LogP contribution in [0.5, 0.6) is 0 Å². The van der Waals surface area contributed by atoms with Gasteiger partial charge in [-0.2, -0.15) is 0 Å². The van der Waals surface area contributed by atoms with E-state index in [4.69, 9.17) is 8.83 Å². The van der Waals surface area contributed by atoms with Crippen molar-refractivity contribution in [2.45, 2.75) is 39.0 Å². The summed E-state index contributed by atoms with van der Waals surface area (Å²) in [6.07, 6.45) is 1.94. The maximum absolute atomic E-state index is 6.71. The van der Waals surface area contributed by atoms with Gasteiger partial charge in [-0.3, -0.25) is 0 Å². The van der Waals surface area contributed by atoms with Crippen LogP contribution in [0.25, 0.3) is 76.5 Å². The van der Waals surface area contributed by atoms with Crippen molar-refractivity contribution in [3.63, 3.8) is 0 Å². The van der Waals surface area contributed by atoms with Crippen molar-refractivity contribution >= 4 is 82.5 Å². The number of rotatable bonds is 7. The summed E-state index contributed by atoms with van der Waals surface area (Å²) in [4.78, 5) is 2.33. The van der Waals surface area contributed by atoms with E-state index in [1.807, 2.05) is 0 Å². The molecular formula is C56H43NO2. The molecule has 11 aromatic rings. The van der Waals surface area contributed by atoms with Gasteiger partial charge in [-0.1, -0.05) is 130 Å². The highest BCUT2D eigenvalue weighted by atomic mass is 16.3. The molecule has 0 saturated carbocycles. The molecule has 0 N–H and O–H groups in total. The van der Waals surface area contributed by atoms with Gasteiger partial charge < -0.3 is 13.7 Å². The van der Waals surface area contributed by atoms with Crippen LogP contribution >= 0.6 is 0 Å². The number of nitrogens with zero attached hydrogens (tertiary/aromatic N) is 1. The Kier molecular flexibility index (Phi) is 8.20. The molecule has 0 aliphatic rings. The monoisotopic (exact) mass is 761 g/mol. The first-order valence-corrected chi connectivity index (χ1v) is 20.6. The van der Waals surface area contributed by atoms with Crippen molar-refractivity contribution in [1.82, 2.24) is 0 Å². The smallest absolute Gasteiger partial charge is 0.137 e. The van der Waals surface area contributed by atoms with Gasteiger partial charge in [0.1, 0.15) is 22.3 Å². The van der Waals surface area contributed by atoms with E-state index in [-0.39, 0.29) is 5.41 Å². The van der Waals surface area contributed by atoms with E-state index in [0.29, 0.717) is 0 Å². The van der Waals surface area contributed by atoms with E-state index in [1.165, 1.54) is 38.6 Å². The molecule has 0 aliphatic carbocycles. The van der Waals surface area contributed by atoms with Gasteiger partial charge in [-0.15, -0.1) is 0 Å². The molecule has 9 aromatic carbocycles. The molecule has 3 heteroatoms. The van der Waals surface area contributed by atoms with Gasteiger partial charge in [-0.05, 0) is 134 Å². The normalized spacial score (nSPS) is 12.1. The zero-order valence-corrected chi connectivity index (χ0v) is 33.5. The molecule has 0 radical (unpaired) electrons. The van der Waals surface area contributed by atoms with E-state index in [1.54, 1.807) is 0 Å². The Morgan fingerprint density at radius 1 is 0.373 bits per heavy atom. The van der Waals surface area contributed by atoms with Crippen LogP contribution < -0.4 is 4.90 Å². The second kappa shape index (κ2) is 13.8. The van der Waals surface area contributed by atoms with Crippen LogP contribution in [0.15, 0.2) is 191 Å². The van der Waals surface area contributed by atoms with Crippen molar-refractivity contribution in [2.24, 2.45) is 0 Å². The summed E-state index contributed by atoms with van der Waals surface area (Å²) in [5, 5.41) is 9.28. The van der Waals surface area contributed by atoms with Gasteiger partial charge in [0.15, 0.2) is 0 Å². The lowest BCUT2D eigenvalue weighted by atomic mass is 9.87. The Morgan fingerprint density at radius 3 is 1.64 bits per heavy atom. The number of fused-ring (bicyclic) bond motifs is 8. The first-order chi connectivity index (χ1) is 28.8. The summed E-state index contributed by atoms with van der Waals surface area (Å²) < 4.78 is 13.3. The van der Waals surface area contributed by atoms with Crippen LogP contribution in [0.1, 0.15) is 37.5 Å². The minimum atomic E-state index is 0.0613. The number of anilines is 3. The Morgan fingerprint density at radius 2 is 0.932 bits per heavy atom. The van der Waals surface area contributed by atoms with Gasteiger partial charge in [0.05, 0.1) is 0 Å². The lowest BCUT2D eigenvalue weighted by Gasteiger charge is -2.27. The largest absolute Gasteiger partial charge is 0.456 e. The molecular weight excluding hydrogens is 719 g/mol. The second-order valence-electron chi connectivity index (χ2n) is 17.0. The maximum atomic E-state index is 6.71. The molecule has 0 spiro atoms. The van der Waals surface area contributed by atoms with Crippen LogP contribution in [0, 0.1) is 0 Å². The molecule has 0 fully saturated rings. The van der Waals surface area contributed by atoms with Gasteiger partial charge in [-0.25, -0.2) is 0 Å². The van der Waals surface area contributed by atoms with Crippen molar-refractivity contribution in [1.29, 1.82) is 0 Å². The van der Waals surface area contributed by atoms with Crippen molar-refractivity contribution < 1.29 is 8.83 Å². The Bertz CT molecular complexity index is 3360. The molecule has 0 amide bonds. The fourth-order valence-electron chi connectivity index (χ4n) is 8.82. The number of aryl methyl sites for hydroxylation is 2. The summed E-state index contributed by atoms with van der Waals surface area (Å²) in [6, 6.07) is 65.9. The van der Waals surface area contributed by atoms with Crippen LogP contribution in [0.3, 0.4) is 0 Å². The molecule has 3 nitrogen and oxygen atoms in total. The third-order valence-corrected chi connectivity index (χ3v) is 12.0. The topological polar surface area (TPSA) is 29.5 Å². The summed E-state index contributed by atoms with van der Waals surface area (Å²) in [7, 11) is 0. The highest BCUT2D eigenvalue weighted by Crippen LogP contribution is 2.42. The van der Waals surface area contributed by atoms with Gasteiger partial charge in [0.2, 0.25) is 0 Å². The molecule has 0 aliphatic heterocycles. The first-order valence-electron chi connectivity index (χ1n) is 20.6. The summed E-state index contributed by atoms with van der Waals surface area (Å²) in [5.74, 6) is 0. The van der Waals surface area contributed by atoms with Crippen LogP contribution in [-0.2, 0) is 18.3 Å². The minimum absolute atomic E-state index is 0.0613. The van der Waals surface area contributed by atoms with E-state index < -0.39 is 0 Å². The molecule has 0 atom stereocenters. The first kappa shape index (κ1) is 35.1. The molecule has 0 unspecified atom stereocenters. The van der Waals surface area contributed by atoms with Crippen LogP contribution in [0.2, 0.25) is 0 Å². The summed E-state index contributed by atoms with van der Waals surface area (Å²) in [6.45, 7) is 6.77. The minimum Gasteiger partial charge on any atom is -0.456 e. The maximum Gasteiger partial charge on any atom is 0.137 e. The van der Waals surface area contributed by atoms with E-state index in [2.05, 4.69) is 208 Å².